The number of nitrogens with zero attached hydrogens (tertiary/aromatic N) is 4. The van der Waals surface area contributed by atoms with Crippen LogP contribution in [0.25, 0.3) is 10.2 Å². The summed E-state index contributed by atoms with van der Waals surface area (Å²) in [6, 6.07) is 14.0. The van der Waals surface area contributed by atoms with Crippen LogP contribution in [0.15, 0.2) is 52.6 Å². The first kappa shape index (κ1) is 15.3. The Balaban J connectivity index is 1.72. The zero-order valence-electron chi connectivity index (χ0n) is 13.3. The van der Waals surface area contributed by atoms with E-state index >= 15 is 0 Å². The number of thiazole rings is 1. The zero-order valence-corrected chi connectivity index (χ0v) is 14.9. The molecule has 0 saturated carbocycles. The lowest BCUT2D eigenvalue weighted by Gasteiger charge is -2.15. The van der Waals surface area contributed by atoms with Gasteiger partial charge in [-0.05, 0) is 44.2 Å². The molecule has 1 aliphatic rings. The Kier molecular flexibility index (Phi) is 3.82. The van der Waals surface area contributed by atoms with Gasteiger partial charge in [0.25, 0.3) is 0 Å². The van der Waals surface area contributed by atoms with Crippen LogP contribution in [0, 0.1) is 6.92 Å². The van der Waals surface area contributed by atoms with Crippen molar-refractivity contribution in [3.63, 3.8) is 0 Å². The molecule has 4 nitrogen and oxygen atoms in total. The molecule has 4 rings (SSSR count). The van der Waals surface area contributed by atoms with Crippen molar-refractivity contribution < 1.29 is 0 Å². The van der Waals surface area contributed by atoms with Crippen LogP contribution in [-0.4, -0.2) is 16.5 Å². The van der Waals surface area contributed by atoms with E-state index in [0.717, 1.165) is 39.0 Å². The van der Waals surface area contributed by atoms with Gasteiger partial charge in [0.15, 0.2) is 0 Å². The Hall–Kier alpha value is -2.24. The Labute approximate surface area is 149 Å². The number of rotatable bonds is 2. The average molecular weight is 355 g/mol. The number of aromatic nitrogens is 1. The van der Waals surface area contributed by atoms with Crippen molar-refractivity contribution in [3.05, 3.63) is 53.1 Å². The standard InChI is InChI=1S/C18H15ClN4S/c1-11-3-6-14(7-4-11)23-17(9-12(2)22-23)21-18-20-15-8-5-13(19)10-16(15)24-18/h3-8,10H,9H2,1-2H3/b21-17+. The van der Waals surface area contributed by atoms with Crippen molar-refractivity contribution in [1.29, 1.82) is 0 Å². The Morgan fingerprint density at radius 1 is 1.12 bits per heavy atom. The Bertz CT molecular complexity index is 972. The number of anilines is 1. The molecule has 6 heteroatoms. The zero-order chi connectivity index (χ0) is 16.7. The van der Waals surface area contributed by atoms with Crippen molar-refractivity contribution in [2.45, 2.75) is 20.3 Å². The highest BCUT2D eigenvalue weighted by atomic mass is 35.5. The predicted octanol–water partition coefficient (Wildman–Crippen LogP) is 5.57. The summed E-state index contributed by atoms with van der Waals surface area (Å²) in [6.07, 6.45) is 0.727. The molecule has 0 aliphatic carbocycles. The van der Waals surface area contributed by atoms with Crippen LogP contribution in [0.2, 0.25) is 5.02 Å². The Morgan fingerprint density at radius 3 is 2.71 bits per heavy atom. The summed E-state index contributed by atoms with van der Waals surface area (Å²) in [5.74, 6) is 0.890. The minimum atomic E-state index is 0.715. The maximum Gasteiger partial charge on any atom is 0.212 e. The minimum absolute atomic E-state index is 0.715. The number of amidine groups is 1. The van der Waals surface area contributed by atoms with Crippen molar-refractivity contribution in [3.8, 4) is 0 Å². The monoisotopic (exact) mass is 354 g/mol. The van der Waals surface area contributed by atoms with Crippen LogP contribution < -0.4 is 5.01 Å². The summed E-state index contributed by atoms with van der Waals surface area (Å²) in [7, 11) is 0. The van der Waals surface area contributed by atoms with Gasteiger partial charge >= 0.3 is 0 Å². The number of benzene rings is 2. The molecule has 0 bridgehead atoms. The highest BCUT2D eigenvalue weighted by Crippen LogP contribution is 2.32. The van der Waals surface area contributed by atoms with E-state index in [4.69, 9.17) is 16.6 Å². The quantitative estimate of drug-likeness (QED) is 0.603. The normalized spacial score (nSPS) is 16.2. The molecule has 2 aromatic carbocycles. The molecule has 0 atom stereocenters. The van der Waals surface area contributed by atoms with Crippen LogP contribution in [0.5, 0.6) is 0 Å². The molecule has 1 aliphatic heterocycles. The van der Waals surface area contributed by atoms with Crippen molar-refractivity contribution in [2.24, 2.45) is 10.1 Å². The van der Waals surface area contributed by atoms with Crippen molar-refractivity contribution in [2.75, 3.05) is 5.01 Å². The molecule has 0 spiro atoms. The van der Waals surface area contributed by atoms with E-state index in [1.165, 1.54) is 16.9 Å². The molecule has 0 radical (unpaired) electrons. The van der Waals surface area contributed by atoms with E-state index in [1.807, 2.05) is 30.1 Å². The maximum atomic E-state index is 6.05. The minimum Gasteiger partial charge on any atom is -0.219 e. The van der Waals surface area contributed by atoms with Gasteiger partial charge in [0.2, 0.25) is 5.13 Å². The van der Waals surface area contributed by atoms with E-state index in [-0.39, 0.29) is 0 Å². The molecule has 120 valence electrons. The lowest BCUT2D eigenvalue weighted by Crippen LogP contribution is -2.19. The number of hydrogen-bond donors (Lipinski definition) is 0. The molecule has 0 fully saturated rings. The second-order valence-electron chi connectivity index (χ2n) is 5.80. The second-order valence-corrected chi connectivity index (χ2v) is 7.24. The van der Waals surface area contributed by atoms with Crippen LogP contribution in [0.4, 0.5) is 10.8 Å². The molecule has 2 heterocycles. The van der Waals surface area contributed by atoms with Crippen molar-refractivity contribution in [1.82, 2.24) is 4.98 Å². The van der Waals surface area contributed by atoms with Gasteiger partial charge in [-0.1, -0.05) is 40.6 Å². The van der Waals surface area contributed by atoms with Gasteiger partial charge < -0.3 is 0 Å². The maximum absolute atomic E-state index is 6.05. The van der Waals surface area contributed by atoms with Crippen LogP contribution in [0.1, 0.15) is 18.9 Å². The molecule has 0 saturated heterocycles. The summed E-state index contributed by atoms with van der Waals surface area (Å²) in [4.78, 5) is 9.33. The topological polar surface area (TPSA) is 40.9 Å². The second kappa shape index (κ2) is 6.00. The SMILES string of the molecule is CC1=NN(c2ccc(C)cc2)/C(=N/c2nc3ccc(Cl)cc3s2)C1. The van der Waals surface area contributed by atoms with E-state index in [1.54, 1.807) is 0 Å². The predicted molar refractivity (Wildman–Crippen MR) is 103 cm³/mol. The van der Waals surface area contributed by atoms with Crippen LogP contribution in [0.3, 0.4) is 0 Å². The molecule has 3 aromatic rings. The van der Waals surface area contributed by atoms with Crippen LogP contribution in [-0.2, 0) is 0 Å². The van der Waals surface area contributed by atoms with Crippen molar-refractivity contribution >= 4 is 55.5 Å². The first-order chi connectivity index (χ1) is 11.6. The molecule has 1 aromatic heterocycles. The highest BCUT2D eigenvalue weighted by Gasteiger charge is 2.21. The van der Waals surface area contributed by atoms with Gasteiger partial charge in [-0.3, -0.25) is 0 Å². The summed E-state index contributed by atoms with van der Waals surface area (Å²) < 4.78 is 1.04. The number of hydrogen-bond acceptors (Lipinski definition) is 4. The van der Waals surface area contributed by atoms with Gasteiger partial charge in [0, 0.05) is 17.2 Å². The number of aliphatic imine (C=N–C) groups is 1. The van der Waals surface area contributed by atoms with E-state index < -0.39 is 0 Å². The number of aryl methyl sites for hydroxylation is 1. The summed E-state index contributed by atoms with van der Waals surface area (Å²) in [5.41, 5.74) is 4.19. The van der Waals surface area contributed by atoms with Gasteiger partial charge in [-0.15, -0.1) is 0 Å². The Morgan fingerprint density at radius 2 is 1.92 bits per heavy atom. The third kappa shape index (κ3) is 2.92. The largest absolute Gasteiger partial charge is 0.219 e. The van der Waals surface area contributed by atoms with E-state index in [2.05, 4.69) is 41.3 Å². The summed E-state index contributed by atoms with van der Waals surface area (Å²) in [5, 5.41) is 7.95. The van der Waals surface area contributed by atoms with E-state index in [0.29, 0.717) is 5.02 Å². The molecule has 0 amide bonds. The first-order valence-electron chi connectivity index (χ1n) is 7.63. The number of halogens is 1. The molecule has 0 N–H and O–H groups in total. The lowest BCUT2D eigenvalue weighted by molar-refractivity contribution is 1.14. The fraction of sp³-hybridized carbons (Fsp3) is 0.167. The fourth-order valence-electron chi connectivity index (χ4n) is 2.59. The lowest BCUT2D eigenvalue weighted by atomic mass is 10.2. The third-order valence-corrected chi connectivity index (χ3v) is 4.92. The molecular formula is C18H15ClN4S. The molecule has 24 heavy (non-hydrogen) atoms. The van der Waals surface area contributed by atoms with Gasteiger partial charge in [0.05, 0.1) is 15.9 Å². The van der Waals surface area contributed by atoms with E-state index in [9.17, 15) is 0 Å². The van der Waals surface area contributed by atoms with Gasteiger partial charge in [0.1, 0.15) is 5.84 Å². The molecule has 0 unspecified atom stereocenters. The fourth-order valence-corrected chi connectivity index (χ4v) is 3.72. The molecular weight excluding hydrogens is 340 g/mol. The third-order valence-electron chi connectivity index (χ3n) is 3.77. The highest BCUT2D eigenvalue weighted by molar-refractivity contribution is 7.22. The smallest absolute Gasteiger partial charge is 0.212 e. The summed E-state index contributed by atoms with van der Waals surface area (Å²) in [6.45, 7) is 4.09. The summed E-state index contributed by atoms with van der Waals surface area (Å²) >= 11 is 7.59. The van der Waals surface area contributed by atoms with Crippen LogP contribution >= 0.6 is 22.9 Å². The number of hydrazone groups is 1. The average Bonchev–Trinajstić information content (AvgIpc) is 3.10. The first-order valence-corrected chi connectivity index (χ1v) is 8.82. The number of fused-ring (bicyclic) bond motifs is 1. The van der Waals surface area contributed by atoms with Gasteiger partial charge in [-0.2, -0.15) is 5.10 Å². The van der Waals surface area contributed by atoms with Gasteiger partial charge in [-0.25, -0.2) is 15.0 Å².